The molecule has 5 heterocycles. The van der Waals surface area contributed by atoms with Crippen LogP contribution in [0.2, 0.25) is 0 Å². The molecule has 2 aliphatic heterocycles. The minimum Gasteiger partial charge on any atom is -0.384 e. The van der Waals surface area contributed by atoms with E-state index in [0.29, 0.717) is 6.04 Å². The van der Waals surface area contributed by atoms with Crippen molar-refractivity contribution in [2.45, 2.75) is 50.5 Å². The number of nitrogens with zero attached hydrogens (tertiary/aromatic N) is 7. The van der Waals surface area contributed by atoms with E-state index in [1.807, 2.05) is 30.1 Å². The lowest BCUT2D eigenvalue weighted by Crippen LogP contribution is -2.37. The molecule has 2 saturated heterocycles. The quantitative estimate of drug-likeness (QED) is 0.618. The molecule has 8 rings (SSSR count). The Balaban J connectivity index is 1.28. The Bertz CT molecular complexity index is 1310. The van der Waals surface area contributed by atoms with Gasteiger partial charge in [0.05, 0.1) is 30.1 Å². The Kier molecular flexibility index (Phi) is 3.38. The zero-order chi connectivity index (χ0) is 21.7. The van der Waals surface area contributed by atoms with Crippen molar-refractivity contribution in [3.63, 3.8) is 0 Å². The fourth-order valence-corrected chi connectivity index (χ4v) is 6.44. The smallest absolute Gasteiger partial charge is 0.159 e. The fraction of sp³-hybridized carbons (Fsp3) is 0.542. The summed E-state index contributed by atoms with van der Waals surface area (Å²) in [5.41, 5.74) is 1.85. The normalized spacial score (nSPS) is 31.0. The van der Waals surface area contributed by atoms with Crippen LogP contribution in [0.1, 0.15) is 43.6 Å². The highest BCUT2D eigenvalue weighted by atomic mass is 16.5. The number of fused-ring (bicyclic) bond motifs is 2. The number of anilines is 1. The van der Waals surface area contributed by atoms with Gasteiger partial charge in [-0.25, -0.2) is 14.6 Å². The number of hydrogen-bond donors (Lipinski definition) is 0. The first kappa shape index (κ1) is 18.5. The van der Waals surface area contributed by atoms with Gasteiger partial charge >= 0.3 is 0 Å². The molecule has 0 aromatic carbocycles. The van der Waals surface area contributed by atoms with E-state index in [9.17, 15) is 5.26 Å². The van der Waals surface area contributed by atoms with Crippen molar-refractivity contribution >= 4 is 16.7 Å². The van der Waals surface area contributed by atoms with Crippen LogP contribution in [0.4, 0.5) is 5.82 Å². The van der Waals surface area contributed by atoms with Gasteiger partial charge in [0.15, 0.2) is 5.82 Å². The van der Waals surface area contributed by atoms with Crippen LogP contribution in [-0.4, -0.2) is 51.0 Å². The summed E-state index contributed by atoms with van der Waals surface area (Å²) in [6.07, 6.45) is 9.20. The van der Waals surface area contributed by atoms with Crippen molar-refractivity contribution in [2.24, 2.45) is 10.8 Å². The summed E-state index contributed by atoms with van der Waals surface area (Å²) < 4.78 is 7.35. The molecule has 3 saturated carbocycles. The first-order valence-electron chi connectivity index (χ1n) is 11.4. The summed E-state index contributed by atoms with van der Waals surface area (Å²) in [5, 5.41) is 15.5. The van der Waals surface area contributed by atoms with Crippen LogP contribution in [0.3, 0.4) is 0 Å². The molecule has 0 amide bonds. The monoisotopic (exact) mass is 427 g/mol. The van der Waals surface area contributed by atoms with Crippen LogP contribution in [0.5, 0.6) is 0 Å². The maximum absolute atomic E-state index is 9.93. The number of rotatable bonds is 5. The minimum atomic E-state index is -0.421. The molecule has 0 N–H and O–H groups in total. The van der Waals surface area contributed by atoms with E-state index in [1.165, 1.54) is 0 Å². The van der Waals surface area contributed by atoms with E-state index in [-0.39, 0.29) is 10.8 Å². The van der Waals surface area contributed by atoms with Crippen LogP contribution in [0.15, 0.2) is 24.5 Å². The largest absolute Gasteiger partial charge is 0.384 e. The number of ether oxygens (including phenoxy) is 1. The van der Waals surface area contributed by atoms with Crippen LogP contribution < -0.4 is 4.90 Å². The van der Waals surface area contributed by atoms with Gasteiger partial charge in [0, 0.05) is 42.8 Å². The average Bonchev–Trinajstić information content (AvgIpc) is 3.49. The summed E-state index contributed by atoms with van der Waals surface area (Å²) in [5.74, 6) is 2.44. The predicted molar refractivity (Wildman–Crippen MR) is 117 cm³/mol. The van der Waals surface area contributed by atoms with E-state index in [4.69, 9.17) is 14.7 Å². The van der Waals surface area contributed by atoms with Gasteiger partial charge in [-0.15, -0.1) is 0 Å². The zero-order valence-corrected chi connectivity index (χ0v) is 18.4. The molecular formula is C24H25N7O. The number of hydrogen-bond acceptors (Lipinski definition) is 7. The topological polar surface area (TPSA) is 92.8 Å². The maximum Gasteiger partial charge on any atom is 0.159 e. The molecule has 3 aromatic rings. The highest BCUT2D eigenvalue weighted by molar-refractivity contribution is 5.80. The second kappa shape index (κ2) is 5.84. The van der Waals surface area contributed by atoms with Crippen LogP contribution >= 0.6 is 0 Å². The summed E-state index contributed by atoms with van der Waals surface area (Å²) in [7, 11) is 1.78. The lowest BCUT2D eigenvalue weighted by Gasteiger charge is -2.36. The van der Waals surface area contributed by atoms with Gasteiger partial charge in [-0.05, 0) is 50.5 Å². The van der Waals surface area contributed by atoms with Crippen molar-refractivity contribution in [1.29, 1.82) is 5.26 Å². The molecule has 8 heteroatoms. The Morgan fingerprint density at radius 3 is 2.72 bits per heavy atom. The highest BCUT2D eigenvalue weighted by Crippen LogP contribution is 2.78. The molecule has 0 radical (unpaired) electrons. The molecular weight excluding hydrogens is 402 g/mol. The summed E-state index contributed by atoms with van der Waals surface area (Å²) in [6, 6.07) is 7.20. The maximum atomic E-state index is 9.93. The molecule has 5 aliphatic rings. The average molecular weight is 428 g/mol. The highest BCUT2D eigenvalue weighted by Gasteiger charge is 2.76. The summed E-state index contributed by atoms with van der Waals surface area (Å²) in [4.78, 5) is 16.5. The number of aromatic nitrogens is 5. The van der Waals surface area contributed by atoms with Gasteiger partial charge in [-0.3, -0.25) is 4.98 Å². The van der Waals surface area contributed by atoms with Gasteiger partial charge in [0.1, 0.15) is 17.1 Å². The molecule has 2 bridgehead atoms. The number of aryl methyl sites for hydroxylation is 1. The van der Waals surface area contributed by atoms with E-state index >= 15 is 0 Å². The zero-order valence-electron chi connectivity index (χ0n) is 18.4. The van der Waals surface area contributed by atoms with Crippen molar-refractivity contribution in [3.05, 3.63) is 36.0 Å². The molecule has 32 heavy (non-hydrogen) atoms. The lowest BCUT2D eigenvalue weighted by atomic mass is 9.71. The Hall–Kier alpha value is -3.05. The van der Waals surface area contributed by atoms with Crippen LogP contribution in [0.25, 0.3) is 16.7 Å². The SMILES string of the molecule is COCC12CC(C1)N(c1cc(-n3ncc4cnc(C5(C#N)CC56CC6)cc43)nc(C)n1)C2. The molecule has 8 nitrogen and oxygen atoms in total. The van der Waals surface area contributed by atoms with Crippen molar-refractivity contribution in [1.82, 2.24) is 24.7 Å². The van der Waals surface area contributed by atoms with Gasteiger partial charge in [0.25, 0.3) is 0 Å². The van der Waals surface area contributed by atoms with Crippen molar-refractivity contribution in [3.8, 4) is 11.9 Å². The first-order valence-corrected chi connectivity index (χ1v) is 11.4. The Morgan fingerprint density at radius 1 is 1.19 bits per heavy atom. The van der Waals surface area contributed by atoms with E-state index in [0.717, 1.165) is 79.3 Å². The molecule has 1 spiro atoms. The molecule has 3 aromatic heterocycles. The third kappa shape index (κ3) is 2.29. The minimum absolute atomic E-state index is 0.181. The van der Waals surface area contributed by atoms with Crippen molar-refractivity contribution < 1.29 is 4.74 Å². The Labute approximate surface area is 186 Å². The molecule has 3 aliphatic carbocycles. The van der Waals surface area contributed by atoms with Crippen LogP contribution in [0, 0.1) is 29.1 Å². The molecule has 162 valence electrons. The van der Waals surface area contributed by atoms with E-state index in [1.54, 1.807) is 7.11 Å². The second-order valence-corrected chi connectivity index (χ2v) is 10.4. The lowest BCUT2D eigenvalue weighted by molar-refractivity contribution is 0.0521. The van der Waals surface area contributed by atoms with Gasteiger partial charge in [-0.2, -0.15) is 10.4 Å². The van der Waals surface area contributed by atoms with Gasteiger partial charge < -0.3 is 9.64 Å². The number of pyridine rings is 1. The number of nitriles is 1. The number of methoxy groups -OCH3 is 1. The summed E-state index contributed by atoms with van der Waals surface area (Å²) in [6.45, 7) is 3.71. The van der Waals surface area contributed by atoms with Gasteiger partial charge in [-0.1, -0.05) is 0 Å². The molecule has 1 atom stereocenters. The first-order chi connectivity index (χ1) is 15.5. The van der Waals surface area contributed by atoms with Crippen LogP contribution in [-0.2, 0) is 10.2 Å². The standard InChI is InChI=1S/C24H25N7O/c1-15-28-20(30-13-22(14-32-2)7-17(30)8-22)6-21(29-15)31-18-5-19(26-9-16(18)10-27-31)24(12-25)11-23(24)3-4-23/h5-6,9-10,17H,3-4,7-8,11,13-14H2,1-2H3. The third-order valence-electron chi connectivity index (χ3n) is 8.37. The second-order valence-electron chi connectivity index (χ2n) is 10.4. The molecule has 1 unspecified atom stereocenters. The Morgan fingerprint density at radius 2 is 2.00 bits per heavy atom. The molecule has 5 fully saturated rings. The van der Waals surface area contributed by atoms with E-state index in [2.05, 4.69) is 27.1 Å². The van der Waals surface area contributed by atoms with Crippen molar-refractivity contribution in [2.75, 3.05) is 25.2 Å². The summed E-state index contributed by atoms with van der Waals surface area (Å²) >= 11 is 0. The van der Waals surface area contributed by atoms with Gasteiger partial charge in [0.2, 0.25) is 0 Å². The van der Waals surface area contributed by atoms with E-state index < -0.39 is 5.41 Å². The third-order valence-corrected chi connectivity index (χ3v) is 8.37. The fourth-order valence-electron chi connectivity index (χ4n) is 6.44. The predicted octanol–water partition coefficient (Wildman–Crippen LogP) is 3.08.